The number of thiocarbonyl (C=S) groups is 1. The molecule has 1 atom stereocenters. The molecule has 0 aliphatic carbocycles. The maximum Gasteiger partial charge on any atom is 0.171 e. The van der Waals surface area contributed by atoms with E-state index in [0.717, 1.165) is 12.1 Å². The fourth-order valence-corrected chi connectivity index (χ4v) is 2.72. The van der Waals surface area contributed by atoms with E-state index in [2.05, 4.69) is 49.6 Å². The molecule has 2 rings (SSSR count). The maximum absolute atomic E-state index is 6.14. The summed E-state index contributed by atoms with van der Waals surface area (Å²) in [4.78, 5) is 0. The lowest BCUT2D eigenvalue weighted by molar-refractivity contribution is 0.628. The third-order valence-electron chi connectivity index (χ3n) is 3.77. The standard InChI is InChI=1S/C18H21ClN2S/c1-4-16(14-10-9-12(2)13(3)11-14)20-18(22)21-17-8-6-5-7-15(17)19/h5-11,16H,4H2,1-3H3,(H2,20,21,22)/t16-/m1/s1. The fourth-order valence-electron chi connectivity index (χ4n) is 2.28. The third-order valence-corrected chi connectivity index (χ3v) is 4.32. The van der Waals surface area contributed by atoms with Crippen LogP contribution >= 0.6 is 23.8 Å². The first-order valence-corrected chi connectivity index (χ1v) is 8.19. The van der Waals surface area contributed by atoms with E-state index in [1.807, 2.05) is 24.3 Å². The topological polar surface area (TPSA) is 24.1 Å². The number of rotatable bonds is 4. The van der Waals surface area contributed by atoms with Crippen LogP contribution in [0.1, 0.15) is 36.1 Å². The summed E-state index contributed by atoms with van der Waals surface area (Å²) >= 11 is 11.6. The van der Waals surface area contributed by atoms with E-state index in [9.17, 15) is 0 Å². The number of hydrogen-bond acceptors (Lipinski definition) is 1. The van der Waals surface area contributed by atoms with E-state index in [-0.39, 0.29) is 6.04 Å². The zero-order valence-electron chi connectivity index (χ0n) is 13.1. The van der Waals surface area contributed by atoms with Gasteiger partial charge in [0.15, 0.2) is 5.11 Å². The summed E-state index contributed by atoms with van der Waals surface area (Å²) < 4.78 is 0. The van der Waals surface area contributed by atoms with Gasteiger partial charge in [0.1, 0.15) is 0 Å². The Balaban J connectivity index is 2.08. The van der Waals surface area contributed by atoms with Gasteiger partial charge in [-0.2, -0.15) is 0 Å². The second-order valence-corrected chi connectivity index (χ2v) is 6.20. The van der Waals surface area contributed by atoms with Crippen LogP contribution < -0.4 is 10.6 Å². The summed E-state index contributed by atoms with van der Waals surface area (Å²) in [6.07, 6.45) is 0.951. The molecular weight excluding hydrogens is 312 g/mol. The molecule has 0 saturated carbocycles. The average molecular weight is 333 g/mol. The molecule has 0 bridgehead atoms. The van der Waals surface area contributed by atoms with Crippen molar-refractivity contribution < 1.29 is 0 Å². The zero-order chi connectivity index (χ0) is 16.1. The van der Waals surface area contributed by atoms with Gasteiger partial charge in [0.25, 0.3) is 0 Å². The van der Waals surface area contributed by atoms with E-state index in [1.165, 1.54) is 16.7 Å². The molecule has 0 fully saturated rings. The predicted octanol–water partition coefficient (Wildman–Crippen LogP) is 5.39. The quantitative estimate of drug-likeness (QED) is 0.733. The summed E-state index contributed by atoms with van der Waals surface area (Å²) in [7, 11) is 0. The van der Waals surface area contributed by atoms with Crippen molar-refractivity contribution >= 4 is 34.6 Å². The van der Waals surface area contributed by atoms with Crippen LogP contribution in [-0.2, 0) is 0 Å². The van der Waals surface area contributed by atoms with Crippen LogP contribution in [0.4, 0.5) is 5.69 Å². The first-order valence-electron chi connectivity index (χ1n) is 7.40. The van der Waals surface area contributed by atoms with Gasteiger partial charge >= 0.3 is 0 Å². The van der Waals surface area contributed by atoms with Crippen LogP contribution in [0.3, 0.4) is 0 Å². The van der Waals surface area contributed by atoms with Crippen molar-refractivity contribution in [2.75, 3.05) is 5.32 Å². The monoisotopic (exact) mass is 332 g/mol. The molecule has 0 saturated heterocycles. The van der Waals surface area contributed by atoms with Crippen LogP contribution in [0.15, 0.2) is 42.5 Å². The number of halogens is 1. The molecule has 2 nitrogen and oxygen atoms in total. The summed E-state index contributed by atoms with van der Waals surface area (Å²) in [6, 6.07) is 14.3. The second kappa shape index (κ2) is 7.61. The van der Waals surface area contributed by atoms with Crippen molar-refractivity contribution in [1.82, 2.24) is 5.32 Å². The molecule has 0 aliphatic rings. The smallest absolute Gasteiger partial charge is 0.171 e. The van der Waals surface area contributed by atoms with Crippen molar-refractivity contribution in [2.24, 2.45) is 0 Å². The van der Waals surface area contributed by atoms with Gasteiger partial charge in [0.05, 0.1) is 16.8 Å². The average Bonchev–Trinajstić information content (AvgIpc) is 2.50. The summed E-state index contributed by atoms with van der Waals surface area (Å²) in [6.45, 7) is 6.40. The lowest BCUT2D eigenvalue weighted by Gasteiger charge is -2.21. The lowest BCUT2D eigenvalue weighted by atomic mass is 9.99. The third kappa shape index (κ3) is 4.21. The molecular formula is C18H21ClN2S. The highest BCUT2D eigenvalue weighted by Gasteiger charge is 2.12. The van der Waals surface area contributed by atoms with Crippen LogP contribution in [0.25, 0.3) is 0 Å². The van der Waals surface area contributed by atoms with Crippen molar-refractivity contribution in [3.05, 3.63) is 64.2 Å². The molecule has 0 amide bonds. The highest BCUT2D eigenvalue weighted by Crippen LogP contribution is 2.22. The Morgan fingerprint density at radius 2 is 1.86 bits per heavy atom. The van der Waals surface area contributed by atoms with Gasteiger partial charge in [-0.15, -0.1) is 0 Å². The molecule has 0 heterocycles. The molecule has 0 unspecified atom stereocenters. The first-order chi connectivity index (χ1) is 10.5. The number of hydrogen-bond donors (Lipinski definition) is 2. The molecule has 116 valence electrons. The summed E-state index contributed by atoms with van der Waals surface area (Å²) in [5.41, 5.74) is 4.66. The van der Waals surface area contributed by atoms with Gasteiger partial charge in [-0.1, -0.05) is 48.9 Å². The first kappa shape index (κ1) is 16.8. The number of benzene rings is 2. The minimum absolute atomic E-state index is 0.182. The molecule has 0 aromatic heterocycles. The van der Waals surface area contributed by atoms with Crippen molar-refractivity contribution in [2.45, 2.75) is 33.2 Å². The predicted molar refractivity (Wildman–Crippen MR) is 99.8 cm³/mol. The van der Waals surface area contributed by atoms with Crippen molar-refractivity contribution in [1.29, 1.82) is 0 Å². The van der Waals surface area contributed by atoms with Crippen molar-refractivity contribution in [3.8, 4) is 0 Å². The molecule has 2 N–H and O–H groups in total. The van der Waals surface area contributed by atoms with E-state index < -0.39 is 0 Å². The van der Waals surface area contributed by atoms with Gasteiger partial charge in [-0.3, -0.25) is 0 Å². The molecule has 0 aliphatic heterocycles. The van der Waals surface area contributed by atoms with Gasteiger partial charge in [0.2, 0.25) is 0 Å². The second-order valence-electron chi connectivity index (χ2n) is 5.38. The van der Waals surface area contributed by atoms with Gasteiger partial charge < -0.3 is 10.6 Å². The Bertz CT molecular complexity index is 670. The number of anilines is 1. The number of nitrogens with one attached hydrogen (secondary N) is 2. The van der Waals surface area contributed by atoms with Crippen LogP contribution in [-0.4, -0.2) is 5.11 Å². The zero-order valence-corrected chi connectivity index (χ0v) is 14.7. The van der Waals surface area contributed by atoms with Crippen LogP contribution in [0.5, 0.6) is 0 Å². The SMILES string of the molecule is CC[C@@H](NC(=S)Nc1ccccc1Cl)c1ccc(C)c(C)c1. The Morgan fingerprint density at radius 3 is 2.50 bits per heavy atom. The van der Waals surface area contributed by atoms with Crippen LogP contribution in [0, 0.1) is 13.8 Å². The fraction of sp³-hybridized carbons (Fsp3) is 0.278. The van der Waals surface area contributed by atoms with Crippen LogP contribution in [0.2, 0.25) is 5.02 Å². The highest BCUT2D eigenvalue weighted by molar-refractivity contribution is 7.80. The molecule has 2 aromatic rings. The lowest BCUT2D eigenvalue weighted by Crippen LogP contribution is -2.32. The molecule has 2 aromatic carbocycles. The van der Waals surface area contributed by atoms with Crippen molar-refractivity contribution in [3.63, 3.8) is 0 Å². The normalized spacial score (nSPS) is 11.8. The summed E-state index contributed by atoms with van der Waals surface area (Å²) in [5.74, 6) is 0. The summed E-state index contributed by atoms with van der Waals surface area (Å²) in [5, 5.41) is 7.77. The van der Waals surface area contributed by atoms with E-state index in [0.29, 0.717) is 10.1 Å². The van der Waals surface area contributed by atoms with E-state index in [4.69, 9.17) is 23.8 Å². The van der Waals surface area contributed by atoms with Gasteiger partial charge in [-0.05, 0) is 61.3 Å². The molecule has 22 heavy (non-hydrogen) atoms. The minimum Gasteiger partial charge on any atom is -0.356 e. The Labute approximate surface area is 142 Å². The maximum atomic E-state index is 6.14. The van der Waals surface area contributed by atoms with E-state index >= 15 is 0 Å². The van der Waals surface area contributed by atoms with Gasteiger partial charge in [0, 0.05) is 0 Å². The number of aryl methyl sites for hydroxylation is 2. The highest BCUT2D eigenvalue weighted by atomic mass is 35.5. The minimum atomic E-state index is 0.182. The largest absolute Gasteiger partial charge is 0.356 e. The number of para-hydroxylation sites is 1. The molecule has 4 heteroatoms. The Morgan fingerprint density at radius 1 is 1.14 bits per heavy atom. The molecule has 0 spiro atoms. The Kier molecular flexibility index (Phi) is 5.81. The van der Waals surface area contributed by atoms with Gasteiger partial charge in [-0.25, -0.2) is 0 Å². The Hall–Kier alpha value is -1.58. The molecule has 0 radical (unpaired) electrons. The van der Waals surface area contributed by atoms with E-state index in [1.54, 1.807) is 0 Å².